The molecule has 0 aliphatic heterocycles. The molecular weight excluding hydrogens is 428 g/mol. The standard InChI is InChI=1S/C27H28N4O3/c1-18-25(12-11-23(26(18)33)24(32)15-27(2,3)4)34-16-19-7-5-8-20(13-19)21-9-6-10-22(14-21)31-17-28-29-30-31/h5-14,17,33H,15-16H2,1-4H3. The summed E-state index contributed by atoms with van der Waals surface area (Å²) < 4.78 is 7.62. The van der Waals surface area contributed by atoms with Gasteiger partial charge in [0.15, 0.2) is 5.78 Å². The summed E-state index contributed by atoms with van der Waals surface area (Å²) in [6, 6.07) is 19.4. The number of hydrogen-bond donors (Lipinski definition) is 1. The molecule has 0 saturated heterocycles. The summed E-state index contributed by atoms with van der Waals surface area (Å²) in [6.45, 7) is 8.10. The van der Waals surface area contributed by atoms with Gasteiger partial charge in [0.05, 0.1) is 11.3 Å². The molecule has 0 aliphatic carbocycles. The Bertz CT molecular complexity index is 1310. The predicted molar refractivity (Wildman–Crippen MR) is 130 cm³/mol. The number of ketones is 1. The van der Waals surface area contributed by atoms with Gasteiger partial charge in [0.2, 0.25) is 0 Å². The third-order valence-corrected chi connectivity index (χ3v) is 5.49. The number of carbonyl (C=O) groups is 1. The molecule has 0 aliphatic rings. The van der Waals surface area contributed by atoms with Crippen molar-refractivity contribution in [3.8, 4) is 28.3 Å². The summed E-state index contributed by atoms with van der Waals surface area (Å²) >= 11 is 0. The van der Waals surface area contributed by atoms with E-state index < -0.39 is 0 Å². The minimum Gasteiger partial charge on any atom is -0.507 e. The Morgan fingerprint density at radius 3 is 2.47 bits per heavy atom. The van der Waals surface area contributed by atoms with Gasteiger partial charge >= 0.3 is 0 Å². The topological polar surface area (TPSA) is 90.1 Å². The van der Waals surface area contributed by atoms with Crippen LogP contribution >= 0.6 is 0 Å². The van der Waals surface area contributed by atoms with Gasteiger partial charge < -0.3 is 9.84 Å². The smallest absolute Gasteiger partial charge is 0.167 e. The van der Waals surface area contributed by atoms with Crippen LogP contribution in [0.3, 0.4) is 0 Å². The second-order valence-electron chi connectivity index (χ2n) is 9.54. The highest BCUT2D eigenvalue weighted by Crippen LogP contribution is 2.34. The van der Waals surface area contributed by atoms with Gasteiger partial charge in [0, 0.05) is 12.0 Å². The number of phenolic OH excluding ortho intramolecular Hbond substituents is 1. The molecule has 0 radical (unpaired) electrons. The van der Waals surface area contributed by atoms with E-state index in [-0.39, 0.29) is 16.9 Å². The lowest BCUT2D eigenvalue weighted by molar-refractivity contribution is 0.0937. The number of ether oxygens (including phenoxy) is 1. The summed E-state index contributed by atoms with van der Waals surface area (Å²) in [5.74, 6) is 0.465. The number of nitrogens with zero attached hydrogens (tertiary/aromatic N) is 4. The first kappa shape index (κ1) is 23.2. The highest BCUT2D eigenvalue weighted by atomic mass is 16.5. The minimum absolute atomic E-state index is 0.0140. The normalized spacial score (nSPS) is 11.4. The van der Waals surface area contributed by atoms with E-state index in [9.17, 15) is 9.90 Å². The molecule has 7 nitrogen and oxygen atoms in total. The summed E-state index contributed by atoms with van der Waals surface area (Å²) in [5, 5.41) is 22.0. The summed E-state index contributed by atoms with van der Waals surface area (Å²) in [5.41, 5.74) is 4.68. The Balaban J connectivity index is 1.50. The van der Waals surface area contributed by atoms with Gasteiger partial charge in [0.25, 0.3) is 0 Å². The van der Waals surface area contributed by atoms with Crippen LogP contribution in [-0.2, 0) is 6.61 Å². The lowest BCUT2D eigenvalue weighted by Gasteiger charge is -2.18. The molecule has 0 fully saturated rings. The van der Waals surface area contributed by atoms with Crippen LogP contribution in [0.4, 0.5) is 0 Å². The van der Waals surface area contributed by atoms with Crippen molar-refractivity contribution in [1.29, 1.82) is 0 Å². The third kappa shape index (κ3) is 5.31. The molecule has 0 spiro atoms. The maximum Gasteiger partial charge on any atom is 0.167 e. The molecule has 34 heavy (non-hydrogen) atoms. The number of Topliss-reactive ketones (excluding diaryl/α,β-unsaturated/α-hetero) is 1. The average molecular weight is 457 g/mol. The highest BCUT2D eigenvalue weighted by Gasteiger charge is 2.21. The van der Waals surface area contributed by atoms with Crippen molar-refractivity contribution >= 4 is 5.78 Å². The first-order chi connectivity index (χ1) is 16.2. The largest absolute Gasteiger partial charge is 0.507 e. The van der Waals surface area contributed by atoms with Crippen molar-refractivity contribution in [2.24, 2.45) is 5.41 Å². The molecule has 0 unspecified atom stereocenters. The third-order valence-electron chi connectivity index (χ3n) is 5.49. The van der Waals surface area contributed by atoms with Gasteiger partial charge in [-0.3, -0.25) is 4.79 Å². The van der Waals surface area contributed by atoms with E-state index >= 15 is 0 Å². The fourth-order valence-corrected chi connectivity index (χ4v) is 3.75. The molecule has 0 saturated carbocycles. The average Bonchev–Trinajstić information content (AvgIpc) is 3.34. The number of rotatable bonds is 7. The van der Waals surface area contributed by atoms with Crippen LogP contribution in [0.2, 0.25) is 0 Å². The van der Waals surface area contributed by atoms with E-state index in [1.807, 2.05) is 63.2 Å². The summed E-state index contributed by atoms with van der Waals surface area (Å²) in [6.07, 6.45) is 1.92. The second-order valence-corrected chi connectivity index (χ2v) is 9.54. The van der Waals surface area contributed by atoms with Gasteiger partial charge in [-0.15, -0.1) is 5.10 Å². The number of aromatic hydroxyl groups is 1. The van der Waals surface area contributed by atoms with E-state index in [0.717, 1.165) is 22.4 Å². The molecule has 0 bridgehead atoms. The van der Waals surface area contributed by atoms with E-state index in [2.05, 4.69) is 21.6 Å². The zero-order valence-corrected chi connectivity index (χ0v) is 19.8. The fraction of sp³-hybridized carbons (Fsp3) is 0.259. The number of aromatic nitrogens is 4. The van der Waals surface area contributed by atoms with Gasteiger partial charge in [-0.25, -0.2) is 4.68 Å². The Morgan fingerprint density at radius 1 is 1.03 bits per heavy atom. The zero-order valence-electron chi connectivity index (χ0n) is 19.8. The van der Waals surface area contributed by atoms with Crippen LogP contribution in [0.15, 0.2) is 67.0 Å². The lowest BCUT2D eigenvalue weighted by Crippen LogP contribution is -2.13. The Morgan fingerprint density at radius 2 is 1.76 bits per heavy atom. The van der Waals surface area contributed by atoms with Gasteiger partial charge in [-0.05, 0) is 69.8 Å². The second kappa shape index (κ2) is 9.47. The zero-order chi connectivity index (χ0) is 24.3. The Labute approximate surface area is 199 Å². The van der Waals surface area contributed by atoms with E-state index in [4.69, 9.17) is 4.74 Å². The van der Waals surface area contributed by atoms with Crippen LogP contribution in [0.1, 0.15) is 48.7 Å². The van der Waals surface area contributed by atoms with Crippen molar-refractivity contribution in [2.45, 2.75) is 40.7 Å². The number of benzene rings is 3. The highest BCUT2D eigenvalue weighted by molar-refractivity contribution is 5.99. The van der Waals surface area contributed by atoms with Crippen LogP contribution in [-0.4, -0.2) is 31.1 Å². The quantitative estimate of drug-likeness (QED) is 0.367. The fourth-order valence-electron chi connectivity index (χ4n) is 3.75. The monoisotopic (exact) mass is 456 g/mol. The molecule has 4 rings (SSSR count). The van der Waals surface area contributed by atoms with E-state index in [1.54, 1.807) is 30.1 Å². The van der Waals surface area contributed by atoms with Gasteiger partial charge in [0.1, 0.15) is 24.4 Å². The minimum atomic E-state index is -0.150. The van der Waals surface area contributed by atoms with Crippen LogP contribution in [0.25, 0.3) is 16.8 Å². The van der Waals surface area contributed by atoms with Gasteiger partial charge in [-0.1, -0.05) is 51.1 Å². The van der Waals surface area contributed by atoms with Crippen LogP contribution in [0, 0.1) is 12.3 Å². The van der Waals surface area contributed by atoms with Crippen molar-refractivity contribution in [3.63, 3.8) is 0 Å². The summed E-state index contributed by atoms with van der Waals surface area (Å²) in [7, 11) is 0. The molecule has 0 amide bonds. The van der Waals surface area contributed by atoms with Crippen LogP contribution < -0.4 is 4.74 Å². The SMILES string of the molecule is Cc1c(OCc2cccc(-c3cccc(-n4cnnn4)c3)c2)ccc(C(=O)CC(C)(C)C)c1O. The van der Waals surface area contributed by atoms with E-state index in [1.165, 1.54) is 0 Å². The maximum absolute atomic E-state index is 12.6. The maximum atomic E-state index is 12.6. The Hall–Kier alpha value is -4.00. The number of hydrogen-bond acceptors (Lipinski definition) is 6. The summed E-state index contributed by atoms with van der Waals surface area (Å²) in [4.78, 5) is 12.6. The molecule has 7 heteroatoms. The number of carbonyl (C=O) groups excluding carboxylic acids is 1. The predicted octanol–water partition coefficient (Wildman–Crippen LogP) is 5.54. The number of phenols is 1. The lowest BCUT2D eigenvalue weighted by atomic mass is 9.87. The first-order valence-corrected chi connectivity index (χ1v) is 11.1. The van der Waals surface area contributed by atoms with Crippen LogP contribution in [0.5, 0.6) is 11.5 Å². The molecule has 1 aromatic heterocycles. The van der Waals surface area contributed by atoms with Crippen molar-refractivity contribution in [2.75, 3.05) is 0 Å². The van der Waals surface area contributed by atoms with Crippen molar-refractivity contribution in [1.82, 2.24) is 20.2 Å². The molecule has 0 atom stereocenters. The molecular formula is C27H28N4O3. The van der Waals surface area contributed by atoms with Gasteiger partial charge in [-0.2, -0.15) is 0 Å². The number of tetrazole rings is 1. The molecule has 1 N–H and O–H groups in total. The van der Waals surface area contributed by atoms with E-state index in [0.29, 0.717) is 29.9 Å². The first-order valence-electron chi connectivity index (χ1n) is 11.1. The molecule has 4 aromatic rings. The molecule has 174 valence electrons. The van der Waals surface area contributed by atoms with Crippen molar-refractivity contribution < 1.29 is 14.6 Å². The molecule has 3 aromatic carbocycles. The Kier molecular flexibility index (Phi) is 6.45. The molecule has 1 heterocycles. The van der Waals surface area contributed by atoms with Crippen molar-refractivity contribution in [3.05, 3.63) is 83.7 Å².